The molecule has 0 spiro atoms. The SMILES string of the molecule is CCOC(=O)CC([C@H](c1ccccc1)[C@@H](CC)CO)[N+](=O)[O-]. The van der Waals surface area contributed by atoms with Crippen molar-refractivity contribution in [3.63, 3.8) is 0 Å². The van der Waals surface area contributed by atoms with Gasteiger partial charge >= 0.3 is 5.97 Å². The van der Waals surface area contributed by atoms with Gasteiger partial charge < -0.3 is 9.84 Å². The minimum absolute atomic E-state index is 0.163. The maximum Gasteiger partial charge on any atom is 0.312 e. The minimum atomic E-state index is -1.11. The zero-order chi connectivity index (χ0) is 16.5. The number of benzene rings is 1. The van der Waals surface area contributed by atoms with Gasteiger partial charge in [-0.15, -0.1) is 0 Å². The van der Waals surface area contributed by atoms with E-state index in [1.54, 1.807) is 31.2 Å². The summed E-state index contributed by atoms with van der Waals surface area (Å²) in [5.41, 5.74) is 0.759. The molecule has 0 aliphatic heterocycles. The number of aliphatic hydroxyl groups is 1. The van der Waals surface area contributed by atoms with Crippen molar-refractivity contribution in [2.45, 2.75) is 38.6 Å². The monoisotopic (exact) mass is 309 g/mol. The number of hydrogen-bond donors (Lipinski definition) is 1. The van der Waals surface area contributed by atoms with Crippen LogP contribution in [0.5, 0.6) is 0 Å². The lowest BCUT2D eigenvalue weighted by molar-refractivity contribution is -0.528. The molecule has 6 nitrogen and oxygen atoms in total. The molecule has 0 aliphatic rings. The summed E-state index contributed by atoms with van der Waals surface area (Å²) in [7, 11) is 0. The fraction of sp³-hybridized carbons (Fsp3) is 0.562. The molecule has 22 heavy (non-hydrogen) atoms. The van der Waals surface area contributed by atoms with E-state index < -0.39 is 22.9 Å². The first-order chi connectivity index (χ1) is 10.5. The molecule has 0 bridgehead atoms. The summed E-state index contributed by atoms with van der Waals surface area (Å²) in [6.07, 6.45) is 0.292. The predicted molar refractivity (Wildman–Crippen MR) is 82.1 cm³/mol. The Morgan fingerprint density at radius 1 is 1.32 bits per heavy atom. The third-order valence-electron chi connectivity index (χ3n) is 3.82. The second-order valence-electron chi connectivity index (χ2n) is 5.15. The van der Waals surface area contributed by atoms with E-state index in [4.69, 9.17) is 4.74 Å². The van der Waals surface area contributed by atoms with Crippen molar-refractivity contribution in [1.29, 1.82) is 0 Å². The zero-order valence-corrected chi connectivity index (χ0v) is 13.0. The smallest absolute Gasteiger partial charge is 0.312 e. The molecule has 6 heteroatoms. The fourth-order valence-electron chi connectivity index (χ4n) is 2.70. The first-order valence-corrected chi connectivity index (χ1v) is 7.50. The van der Waals surface area contributed by atoms with E-state index in [9.17, 15) is 20.0 Å². The average molecular weight is 309 g/mol. The van der Waals surface area contributed by atoms with Gasteiger partial charge in [0.25, 0.3) is 0 Å². The molecular formula is C16H23NO5. The summed E-state index contributed by atoms with van der Waals surface area (Å²) in [5, 5.41) is 21.1. The Labute approximate surface area is 130 Å². The number of esters is 1. The number of carbonyl (C=O) groups is 1. The molecule has 0 aromatic heterocycles. The van der Waals surface area contributed by atoms with Crippen molar-refractivity contribution in [2.75, 3.05) is 13.2 Å². The van der Waals surface area contributed by atoms with E-state index in [2.05, 4.69) is 0 Å². The third kappa shape index (κ3) is 4.80. The van der Waals surface area contributed by atoms with Crippen LogP contribution < -0.4 is 0 Å². The summed E-state index contributed by atoms with van der Waals surface area (Å²) >= 11 is 0. The largest absolute Gasteiger partial charge is 0.466 e. The molecule has 1 unspecified atom stereocenters. The molecule has 1 aromatic carbocycles. The molecular weight excluding hydrogens is 286 g/mol. The highest BCUT2D eigenvalue weighted by atomic mass is 16.6. The van der Waals surface area contributed by atoms with Crippen LogP contribution in [0.15, 0.2) is 30.3 Å². The Balaban J connectivity index is 3.14. The topological polar surface area (TPSA) is 89.7 Å². The van der Waals surface area contributed by atoms with Crippen molar-refractivity contribution in [3.8, 4) is 0 Å². The van der Waals surface area contributed by atoms with Gasteiger partial charge in [-0.25, -0.2) is 0 Å². The number of aliphatic hydroxyl groups excluding tert-OH is 1. The number of hydrogen-bond acceptors (Lipinski definition) is 5. The summed E-state index contributed by atoms with van der Waals surface area (Å²) in [6.45, 7) is 3.56. The summed E-state index contributed by atoms with van der Waals surface area (Å²) in [6, 6.07) is 7.91. The van der Waals surface area contributed by atoms with Gasteiger partial charge in [-0.1, -0.05) is 43.7 Å². The maximum atomic E-state index is 11.7. The summed E-state index contributed by atoms with van der Waals surface area (Å²) < 4.78 is 4.85. The lowest BCUT2D eigenvalue weighted by atomic mass is 9.78. The van der Waals surface area contributed by atoms with Crippen LogP contribution in [0.4, 0.5) is 0 Å². The predicted octanol–water partition coefficient (Wildman–Crippen LogP) is 2.39. The molecule has 0 heterocycles. The van der Waals surface area contributed by atoms with E-state index >= 15 is 0 Å². The van der Waals surface area contributed by atoms with Gasteiger partial charge in [0.1, 0.15) is 6.42 Å². The Morgan fingerprint density at radius 2 is 1.95 bits per heavy atom. The van der Waals surface area contributed by atoms with Crippen LogP contribution in [0.25, 0.3) is 0 Å². The van der Waals surface area contributed by atoms with Crippen LogP contribution in [0.2, 0.25) is 0 Å². The van der Waals surface area contributed by atoms with E-state index in [0.29, 0.717) is 6.42 Å². The van der Waals surface area contributed by atoms with Crippen LogP contribution in [-0.2, 0) is 9.53 Å². The normalized spacial score (nSPS) is 14.9. The van der Waals surface area contributed by atoms with Gasteiger partial charge in [-0.2, -0.15) is 0 Å². The minimum Gasteiger partial charge on any atom is -0.466 e. The maximum absolute atomic E-state index is 11.7. The van der Waals surface area contributed by atoms with Crippen molar-refractivity contribution < 1.29 is 19.6 Å². The Hall–Kier alpha value is -1.95. The van der Waals surface area contributed by atoms with Gasteiger partial charge in [0, 0.05) is 11.5 Å². The molecule has 122 valence electrons. The van der Waals surface area contributed by atoms with Gasteiger partial charge in [-0.05, 0) is 18.4 Å². The number of nitro groups is 1. The molecule has 3 atom stereocenters. The van der Waals surface area contributed by atoms with Crippen LogP contribution in [0, 0.1) is 16.0 Å². The van der Waals surface area contributed by atoms with Gasteiger partial charge in [0.2, 0.25) is 6.04 Å². The highest BCUT2D eigenvalue weighted by Crippen LogP contribution is 2.33. The van der Waals surface area contributed by atoms with Gasteiger partial charge in [0.05, 0.1) is 12.5 Å². The molecule has 0 radical (unpaired) electrons. The zero-order valence-electron chi connectivity index (χ0n) is 13.0. The van der Waals surface area contributed by atoms with Crippen molar-refractivity contribution in [1.82, 2.24) is 0 Å². The van der Waals surface area contributed by atoms with Crippen molar-refractivity contribution >= 4 is 5.97 Å². The van der Waals surface area contributed by atoms with Crippen molar-refractivity contribution in [3.05, 3.63) is 46.0 Å². The highest BCUT2D eigenvalue weighted by molar-refractivity contribution is 5.70. The average Bonchev–Trinajstić information content (AvgIpc) is 2.51. The van der Waals surface area contributed by atoms with Crippen molar-refractivity contribution in [2.24, 2.45) is 5.92 Å². The number of ether oxygens (including phenoxy) is 1. The van der Waals surface area contributed by atoms with Crippen LogP contribution in [0.3, 0.4) is 0 Å². The summed E-state index contributed by atoms with van der Waals surface area (Å²) in [5.74, 6) is -1.40. The van der Waals surface area contributed by atoms with Crippen LogP contribution >= 0.6 is 0 Å². The standard InChI is InChI=1S/C16H23NO5/c1-3-12(11-18)16(13-8-6-5-7-9-13)14(17(20)21)10-15(19)22-4-2/h5-9,12,14,16,18H,3-4,10-11H2,1-2H3/t12-,14?,16-/m0/s1. The molecule has 0 saturated heterocycles. The Morgan fingerprint density at radius 3 is 2.41 bits per heavy atom. The first-order valence-electron chi connectivity index (χ1n) is 7.50. The highest BCUT2D eigenvalue weighted by Gasteiger charge is 2.39. The van der Waals surface area contributed by atoms with Gasteiger partial charge in [-0.3, -0.25) is 14.9 Å². The third-order valence-corrected chi connectivity index (χ3v) is 3.82. The second kappa shape index (κ2) is 9.15. The Bertz CT molecular complexity index is 473. The second-order valence-corrected chi connectivity index (χ2v) is 5.15. The van der Waals surface area contributed by atoms with E-state index in [-0.39, 0.29) is 25.6 Å². The molecule has 1 rings (SSSR count). The van der Waals surface area contributed by atoms with Crippen LogP contribution in [0.1, 0.15) is 38.2 Å². The molecule has 0 saturated carbocycles. The lowest BCUT2D eigenvalue weighted by Gasteiger charge is -2.27. The van der Waals surface area contributed by atoms with Gasteiger partial charge in [0.15, 0.2) is 0 Å². The molecule has 1 N–H and O–H groups in total. The lowest BCUT2D eigenvalue weighted by Crippen LogP contribution is -2.36. The molecule has 0 fully saturated rings. The molecule has 1 aromatic rings. The number of rotatable bonds is 9. The quantitative estimate of drug-likeness (QED) is 0.430. The number of nitrogens with zero attached hydrogens (tertiary/aromatic N) is 1. The Kier molecular flexibility index (Phi) is 7.52. The molecule has 0 amide bonds. The first kappa shape index (κ1) is 18.1. The summed E-state index contributed by atoms with van der Waals surface area (Å²) in [4.78, 5) is 22.8. The fourth-order valence-corrected chi connectivity index (χ4v) is 2.70. The van der Waals surface area contributed by atoms with E-state index in [1.807, 2.05) is 13.0 Å². The van der Waals surface area contributed by atoms with E-state index in [0.717, 1.165) is 5.56 Å². The van der Waals surface area contributed by atoms with E-state index in [1.165, 1.54) is 0 Å². The van der Waals surface area contributed by atoms with Crippen LogP contribution in [-0.4, -0.2) is 35.3 Å². The molecule has 0 aliphatic carbocycles. The number of carbonyl (C=O) groups excluding carboxylic acids is 1.